The van der Waals surface area contributed by atoms with E-state index in [1.165, 1.54) is 0 Å². The van der Waals surface area contributed by atoms with Crippen molar-refractivity contribution < 1.29 is 5.11 Å². The van der Waals surface area contributed by atoms with Gasteiger partial charge in [-0.15, -0.1) is 0 Å². The lowest BCUT2D eigenvalue weighted by Crippen LogP contribution is -2.20. The zero-order chi connectivity index (χ0) is 9.61. The van der Waals surface area contributed by atoms with Crippen LogP contribution in [0.15, 0.2) is 0 Å². The fourth-order valence-electron chi connectivity index (χ4n) is 0.674. The third kappa shape index (κ3) is 8.37. The Morgan fingerprint density at radius 1 is 1.50 bits per heavy atom. The van der Waals surface area contributed by atoms with Crippen LogP contribution in [-0.4, -0.2) is 28.8 Å². The maximum absolute atomic E-state index is 9.40. The van der Waals surface area contributed by atoms with E-state index in [0.29, 0.717) is 5.92 Å². The van der Waals surface area contributed by atoms with Crippen LogP contribution < -0.4 is 5.73 Å². The second-order valence-electron chi connectivity index (χ2n) is 3.98. The molecule has 0 aromatic rings. The molecular formula is C9H21NOS. The first-order valence-corrected chi connectivity index (χ1v) is 5.61. The predicted octanol–water partition coefficient (Wildman–Crippen LogP) is 1.48. The van der Waals surface area contributed by atoms with Gasteiger partial charge >= 0.3 is 0 Å². The minimum atomic E-state index is -0.515. The molecule has 0 aromatic heterocycles. The molecule has 0 fully saturated rings. The molecule has 74 valence electrons. The van der Waals surface area contributed by atoms with Gasteiger partial charge in [-0.05, 0) is 44.2 Å². The Bertz CT molecular complexity index is 112. The van der Waals surface area contributed by atoms with Gasteiger partial charge in [-0.2, -0.15) is 11.8 Å². The first-order valence-electron chi connectivity index (χ1n) is 4.46. The molecule has 0 saturated heterocycles. The second-order valence-corrected chi connectivity index (χ2v) is 5.13. The first-order chi connectivity index (χ1) is 5.45. The summed E-state index contributed by atoms with van der Waals surface area (Å²) < 4.78 is 0. The lowest BCUT2D eigenvalue weighted by Gasteiger charge is -2.16. The molecule has 1 unspecified atom stereocenters. The van der Waals surface area contributed by atoms with Crippen molar-refractivity contribution in [3.05, 3.63) is 0 Å². The molecule has 12 heavy (non-hydrogen) atoms. The van der Waals surface area contributed by atoms with Gasteiger partial charge in [0, 0.05) is 0 Å². The summed E-state index contributed by atoms with van der Waals surface area (Å²) in [5.41, 5.74) is 4.96. The zero-order valence-electron chi connectivity index (χ0n) is 8.34. The summed E-state index contributed by atoms with van der Waals surface area (Å²) in [6.45, 7) is 6.60. The van der Waals surface area contributed by atoms with Crippen molar-refractivity contribution in [3.8, 4) is 0 Å². The third-order valence-corrected chi connectivity index (χ3v) is 2.96. The van der Waals surface area contributed by atoms with Crippen LogP contribution in [0.2, 0.25) is 0 Å². The summed E-state index contributed by atoms with van der Waals surface area (Å²) in [7, 11) is 0. The molecule has 0 heterocycles. The van der Waals surface area contributed by atoms with Crippen molar-refractivity contribution in [2.45, 2.75) is 32.8 Å². The van der Waals surface area contributed by atoms with Gasteiger partial charge in [0.25, 0.3) is 0 Å². The van der Waals surface area contributed by atoms with Crippen molar-refractivity contribution in [2.24, 2.45) is 11.7 Å². The first kappa shape index (κ1) is 12.3. The van der Waals surface area contributed by atoms with Crippen LogP contribution in [0.1, 0.15) is 27.2 Å². The molecular weight excluding hydrogens is 170 g/mol. The van der Waals surface area contributed by atoms with Crippen LogP contribution in [0, 0.1) is 5.92 Å². The standard InChI is InChI=1S/C9H21NOS/c1-8(6-10)7-12-5-4-9(2,3)11/h8,11H,4-7,10H2,1-3H3. The number of thioether (sulfide) groups is 1. The van der Waals surface area contributed by atoms with Crippen LogP contribution in [0.25, 0.3) is 0 Å². The molecule has 3 N–H and O–H groups in total. The Hall–Kier alpha value is 0.270. The van der Waals surface area contributed by atoms with Crippen molar-refractivity contribution in [1.82, 2.24) is 0 Å². The Balaban J connectivity index is 3.22. The van der Waals surface area contributed by atoms with Crippen molar-refractivity contribution in [3.63, 3.8) is 0 Å². The highest BCUT2D eigenvalue weighted by molar-refractivity contribution is 7.99. The summed E-state index contributed by atoms with van der Waals surface area (Å²) in [6.07, 6.45) is 0.856. The van der Waals surface area contributed by atoms with E-state index in [9.17, 15) is 5.11 Å². The Morgan fingerprint density at radius 2 is 2.08 bits per heavy atom. The van der Waals surface area contributed by atoms with Gasteiger partial charge in [0.2, 0.25) is 0 Å². The zero-order valence-corrected chi connectivity index (χ0v) is 9.16. The predicted molar refractivity (Wildman–Crippen MR) is 56.5 cm³/mol. The lowest BCUT2D eigenvalue weighted by atomic mass is 10.1. The van der Waals surface area contributed by atoms with E-state index < -0.39 is 5.60 Å². The summed E-state index contributed by atoms with van der Waals surface area (Å²) in [5.74, 6) is 2.72. The molecule has 0 bridgehead atoms. The molecule has 0 aliphatic rings. The Morgan fingerprint density at radius 3 is 2.50 bits per heavy atom. The van der Waals surface area contributed by atoms with Gasteiger partial charge in [0.05, 0.1) is 5.60 Å². The maximum atomic E-state index is 9.40. The van der Waals surface area contributed by atoms with E-state index in [0.717, 1.165) is 24.5 Å². The van der Waals surface area contributed by atoms with E-state index >= 15 is 0 Å². The normalized spacial score (nSPS) is 14.8. The molecule has 0 saturated carbocycles. The lowest BCUT2D eigenvalue weighted by molar-refractivity contribution is 0.0777. The van der Waals surface area contributed by atoms with E-state index in [4.69, 9.17) is 5.73 Å². The molecule has 0 aromatic carbocycles. The summed E-state index contributed by atoms with van der Waals surface area (Å²) in [5, 5.41) is 9.40. The molecule has 0 amide bonds. The van der Waals surface area contributed by atoms with Crippen molar-refractivity contribution in [1.29, 1.82) is 0 Å². The van der Waals surface area contributed by atoms with Gasteiger partial charge in [0.15, 0.2) is 0 Å². The van der Waals surface area contributed by atoms with E-state index in [1.807, 2.05) is 25.6 Å². The topological polar surface area (TPSA) is 46.2 Å². The molecule has 0 rings (SSSR count). The van der Waals surface area contributed by atoms with Gasteiger partial charge in [-0.3, -0.25) is 0 Å². The summed E-state index contributed by atoms with van der Waals surface area (Å²) in [6, 6.07) is 0. The fraction of sp³-hybridized carbons (Fsp3) is 1.00. The Kier molecular flexibility index (Phi) is 5.97. The number of nitrogens with two attached hydrogens (primary N) is 1. The third-order valence-electron chi connectivity index (χ3n) is 1.66. The molecule has 0 aliphatic heterocycles. The molecule has 2 nitrogen and oxygen atoms in total. The molecule has 1 atom stereocenters. The highest BCUT2D eigenvalue weighted by atomic mass is 32.2. The summed E-state index contributed by atoms with van der Waals surface area (Å²) in [4.78, 5) is 0. The van der Waals surface area contributed by atoms with Crippen molar-refractivity contribution >= 4 is 11.8 Å². The minimum absolute atomic E-state index is 0.515. The van der Waals surface area contributed by atoms with E-state index in [2.05, 4.69) is 6.92 Å². The van der Waals surface area contributed by atoms with Crippen LogP contribution in [-0.2, 0) is 0 Å². The number of hydrogen-bond donors (Lipinski definition) is 2. The Labute approximate surface area is 79.9 Å². The van der Waals surface area contributed by atoms with Crippen LogP contribution in [0.5, 0.6) is 0 Å². The fourth-order valence-corrected chi connectivity index (χ4v) is 2.02. The van der Waals surface area contributed by atoms with E-state index in [1.54, 1.807) is 0 Å². The largest absolute Gasteiger partial charge is 0.390 e. The minimum Gasteiger partial charge on any atom is -0.390 e. The highest BCUT2D eigenvalue weighted by Gasteiger charge is 2.11. The van der Waals surface area contributed by atoms with Gasteiger partial charge < -0.3 is 10.8 Å². The smallest absolute Gasteiger partial charge is 0.0599 e. The van der Waals surface area contributed by atoms with Gasteiger partial charge in [-0.25, -0.2) is 0 Å². The highest BCUT2D eigenvalue weighted by Crippen LogP contribution is 2.14. The van der Waals surface area contributed by atoms with Crippen LogP contribution in [0.4, 0.5) is 0 Å². The monoisotopic (exact) mass is 191 g/mol. The molecule has 3 heteroatoms. The quantitative estimate of drug-likeness (QED) is 0.625. The maximum Gasteiger partial charge on any atom is 0.0599 e. The second kappa shape index (κ2) is 5.84. The number of rotatable bonds is 6. The van der Waals surface area contributed by atoms with Gasteiger partial charge in [0.1, 0.15) is 0 Å². The number of hydrogen-bond acceptors (Lipinski definition) is 3. The van der Waals surface area contributed by atoms with Crippen molar-refractivity contribution in [2.75, 3.05) is 18.1 Å². The summed E-state index contributed by atoms with van der Waals surface area (Å²) >= 11 is 1.87. The molecule has 0 spiro atoms. The number of aliphatic hydroxyl groups is 1. The van der Waals surface area contributed by atoms with E-state index in [-0.39, 0.29) is 0 Å². The average molecular weight is 191 g/mol. The molecule has 0 aliphatic carbocycles. The van der Waals surface area contributed by atoms with Crippen LogP contribution in [0.3, 0.4) is 0 Å². The average Bonchev–Trinajstić information content (AvgIpc) is 1.96. The molecule has 0 radical (unpaired) electrons. The van der Waals surface area contributed by atoms with Crippen LogP contribution >= 0.6 is 11.8 Å². The van der Waals surface area contributed by atoms with Gasteiger partial charge in [-0.1, -0.05) is 6.92 Å². The SMILES string of the molecule is CC(CN)CSCCC(C)(C)O.